The van der Waals surface area contributed by atoms with Gasteiger partial charge in [-0.1, -0.05) is 43.7 Å². The highest BCUT2D eigenvalue weighted by Crippen LogP contribution is 2.37. The zero-order valence-electron chi connectivity index (χ0n) is 8.87. The molecule has 0 heteroatoms. The molecule has 0 nitrogen and oxygen atoms in total. The molecule has 0 radical (unpaired) electrons. The van der Waals surface area contributed by atoms with Crippen molar-refractivity contribution in [2.45, 2.75) is 38.0 Å². The predicted octanol–water partition coefficient (Wildman–Crippen LogP) is 4.24. The zero-order chi connectivity index (χ0) is 9.97. The van der Waals surface area contributed by atoms with Crippen molar-refractivity contribution < 1.29 is 0 Å². The number of allylic oxidation sites excluding steroid dienone is 1. The maximum atomic E-state index is 3.85. The van der Waals surface area contributed by atoms with Crippen LogP contribution < -0.4 is 0 Å². The minimum atomic E-state index is 0.482. The molecule has 1 aromatic rings. The molecule has 1 unspecified atom stereocenters. The van der Waals surface area contributed by atoms with Crippen LogP contribution in [0.1, 0.15) is 49.1 Å². The Balaban J connectivity index is 2.21. The monoisotopic (exact) mass is 186 g/mol. The number of hydrogen-bond donors (Lipinski definition) is 0. The lowest BCUT2D eigenvalue weighted by molar-refractivity contribution is 0.419. The Morgan fingerprint density at radius 3 is 2.79 bits per heavy atom. The van der Waals surface area contributed by atoms with E-state index in [0.29, 0.717) is 5.92 Å². The molecular formula is C14H18. The standard InChI is InChI=1S/C14H18/c1-3-11(2)13-8-5-9-14(10-13)12-6-4-7-12/h3,5,8-12H,1,4,6-7H2,2H3. The maximum Gasteiger partial charge on any atom is -0.00130 e. The lowest BCUT2D eigenvalue weighted by Gasteiger charge is -2.26. The fraction of sp³-hybridized carbons (Fsp3) is 0.429. The van der Waals surface area contributed by atoms with Gasteiger partial charge in [-0.05, 0) is 35.8 Å². The molecule has 1 aromatic carbocycles. The SMILES string of the molecule is C=CC(C)c1cccc(C2CCC2)c1. The number of benzene rings is 1. The first-order valence-electron chi connectivity index (χ1n) is 5.53. The minimum absolute atomic E-state index is 0.482. The van der Waals surface area contributed by atoms with Crippen LogP contribution in [0.15, 0.2) is 36.9 Å². The van der Waals surface area contributed by atoms with E-state index in [2.05, 4.69) is 37.8 Å². The van der Waals surface area contributed by atoms with Crippen molar-refractivity contribution in [1.29, 1.82) is 0 Å². The van der Waals surface area contributed by atoms with Gasteiger partial charge in [0.2, 0.25) is 0 Å². The Bertz CT molecular complexity index is 321. The summed E-state index contributed by atoms with van der Waals surface area (Å²) < 4.78 is 0. The Morgan fingerprint density at radius 1 is 1.43 bits per heavy atom. The Labute approximate surface area is 86.7 Å². The third-order valence-electron chi connectivity index (χ3n) is 3.37. The lowest BCUT2D eigenvalue weighted by Crippen LogP contribution is -2.08. The summed E-state index contributed by atoms with van der Waals surface area (Å²) in [6.45, 7) is 6.05. The van der Waals surface area contributed by atoms with Crippen molar-refractivity contribution in [1.82, 2.24) is 0 Å². The van der Waals surface area contributed by atoms with Gasteiger partial charge in [0.25, 0.3) is 0 Å². The summed E-state index contributed by atoms with van der Waals surface area (Å²) in [4.78, 5) is 0. The quantitative estimate of drug-likeness (QED) is 0.619. The van der Waals surface area contributed by atoms with E-state index in [4.69, 9.17) is 0 Å². The van der Waals surface area contributed by atoms with Gasteiger partial charge in [0.1, 0.15) is 0 Å². The van der Waals surface area contributed by atoms with Gasteiger partial charge in [0.15, 0.2) is 0 Å². The van der Waals surface area contributed by atoms with Gasteiger partial charge in [-0.15, -0.1) is 6.58 Å². The van der Waals surface area contributed by atoms with Crippen LogP contribution >= 0.6 is 0 Å². The van der Waals surface area contributed by atoms with Gasteiger partial charge in [0.05, 0.1) is 0 Å². The molecule has 0 spiro atoms. The lowest BCUT2D eigenvalue weighted by atomic mass is 9.79. The molecule has 1 saturated carbocycles. The van der Waals surface area contributed by atoms with Gasteiger partial charge in [-0.3, -0.25) is 0 Å². The van der Waals surface area contributed by atoms with E-state index in [1.807, 2.05) is 6.08 Å². The third-order valence-corrected chi connectivity index (χ3v) is 3.37. The summed E-state index contributed by atoms with van der Waals surface area (Å²) >= 11 is 0. The molecule has 0 amide bonds. The van der Waals surface area contributed by atoms with Gasteiger partial charge in [-0.25, -0.2) is 0 Å². The van der Waals surface area contributed by atoms with Gasteiger partial charge >= 0.3 is 0 Å². The van der Waals surface area contributed by atoms with Crippen molar-refractivity contribution in [2.24, 2.45) is 0 Å². The van der Waals surface area contributed by atoms with Crippen LogP contribution in [0.2, 0.25) is 0 Å². The molecule has 0 bridgehead atoms. The Hall–Kier alpha value is -1.04. The highest BCUT2D eigenvalue weighted by Gasteiger charge is 2.19. The second-order valence-electron chi connectivity index (χ2n) is 4.32. The fourth-order valence-electron chi connectivity index (χ4n) is 1.97. The average Bonchev–Trinajstić information content (AvgIpc) is 2.14. The van der Waals surface area contributed by atoms with Crippen molar-refractivity contribution in [3.63, 3.8) is 0 Å². The summed E-state index contributed by atoms with van der Waals surface area (Å²) in [6, 6.07) is 9.01. The van der Waals surface area contributed by atoms with E-state index in [1.165, 1.54) is 30.4 Å². The molecule has 1 aliphatic carbocycles. The van der Waals surface area contributed by atoms with E-state index in [1.54, 1.807) is 0 Å². The van der Waals surface area contributed by atoms with Gasteiger partial charge in [0, 0.05) is 0 Å². The predicted molar refractivity (Wildman–Crippen MR) is 61.6 cm³/mol. The molecule has 0 N–H and O–H groups in total. The molecule has 0 aromatic heterocycles. The molecule has 14 heavy (non-hydrogen) atoms. The number of hydrogen-bond acceptors (Lipinski definition) is 0. The third kappa shape index (κ3) is 1.75. The normalized spacial score (nSPS) is 18.6. The molecule has 2 rings (SSSR count). The van der Waals surface area contributed by atoms with E-state index >= 15 is 0 Å². The van der Waals surface area contributed by atoms with E-state index in [-0.39, 0.29) is 0 Å². The molecular weight excluding hydrogens is 168 g/mol. The smallest absolute Gasteiger partial charge is 0.00130 e. The molecule has 74 valence electrons. The molecule has 1 fully saturated rings. The van der Waals surface area contributed by atoms with Crippen molar-refractivity contribution in [2.75, 3.05) is 0 Å². The summed E-state index contributed by atoms with van der Waals surface area (Å²) in [7, 11) is 0. The van der Waals surface area contributed by atoms with Crippen LogP contribution in [-0.2, 0) is 0 Å². The van der Waals surface area contributed by atoms with E-state index in [0.717, 1.165) is 5.92 Å². The van der Waals surface area contributed by atoms with Crippen molar-refractivity contribution in [3.05, 3.63) is 48.0 Å². The van der Waals surface area contributed by atoms with Crippen LogP contribution in [0.5, 0.6) is 0 Å². The van der Waals surface area contributed by atoms with E-state index in [9.17, 15) is 0 Å². The summed E-state index contributed by atoms with van der Waals surface area (Å²) in [5.74, 6) is 1.32. The van der Waals surface area contributed by atoms with Crippen LogP contribution in [0.3, 0.4) is 0 Å². The molecule has 1 atom stereocenters. The average molecular weight is 186 g/mol. The maximum absolute atomic E-state index is 3.85. The zero-order valence-corrected chi connectivity index (χ0v) is 8.87. The van der Waals surface area contributed by atoms with Crippen molar-refractivity contribution >= 4 is 0 Å². The van der Waals surface area contributed by atoms with Crippen LogP contribution in [-0.4, -0.2) is 0 Å². The Kier molecular flexibility index (Phi) is 2.72. The fourth-order valence-corrected chi connectivity index (χ4v) is 1.97. The first-order chi connectivity index (χ1) is 6.81. The largest absolute Gasteiger partial charge is 0.102 e. The van der Waals surface area contributed by atoms with E-state index < -0.39 is 0 Å². The Morgan fingerprint density at radius 2 is 2.21 bits per heavy atom. The first kappa shape index (κ1) is 9.51. The highest BCUT2D eigenvalue weighted by molar-refractivity contribution is 5.31. The topological polar surface area (TPSA) is 0 Å². The second kappa shape index (κ2) is 4.00. The summed E-state index contributed by atoms with van der Waals surface area (Å²) in [6.07, 6.45) is 6.18. The van der Waals surface area contributed by atoms with Gasteiger partial charge in [-0.2, -0.15) is 0 Å². The summed E-state index contributed by atoms with van der Waals surface area (Å²) in [5.41, 5.74) is 2.94. The van der Waals surface area contributed by atoms with Crippen LogP contribution in [0, 0.1) is 0 Å². The van der Waals surface area contributed by atoms with Gasteiger partial charge < -0.3 is 0 Å². The second-order valence-corrected chi connectivity index (χ2v) is 4.32. The molecule has 0 heterocycles. The minimum Gasteiger partial charge on any atom is -0.102 e. The molecule has 1 aliphatic rings. The van der Waals surface area contributed by atoms with Crippen LogP contribution in [0.4, 0.5) is 0 Å². The molecule has 0 aliphatic heterocycles. The van der Waals surface area contributed by atoms with Crippen LogP contribution in [0.25, 0.3) is 0 Å². The van der Waals surface area contributed by atoms with Crippen molar-refractivity contribution in [3.8, 4) is 0 Å². The summed E-state index contributed by atoms with van der Waals surface area (Å²) in [5, 5.41) is 0. The molecule has 0 saturated heterocycles. The number of rotatable bonds is 3. The first-order valence-corrected chi connectivity index (χ1v) is 5.53. The highest BCUT2D eigenvalue weighted by atomic mass is 14.2.